The van der Waals surface area contributed by atoms with Crippen LogP contribution in [0.5, 0.6) is 5.75 Å². The van der Waals surface area contributed by atoms with Crippen molar-refractivity contribution in [3.63, 3.8) is 0 Å². The molecule has 38 heavy (non-hydrogen) atoms. The molecule has 4 rings (SSSR count). The second-order valence-corrected chi connectivity index (χ2v) is 9.89. The predicted octanol–water partition coefficient (Wildman–Crippen LogP) is 5.22. The van der Waals surface area contributed by atoms with Crippen LogP contribution in [0.2, 0.25) is 0 Å². The van der Waals surface area contributed by atoms with Gasteiger partial charge in [-0.15, -0.1) is 0 Å². The Hall–Kier alpha value is -4.39. The Morgan fingerprint density at radius 1 is 1.16 bits per heavy atom. The number of anilines is 1. The van der Waals surface area contributed by atoms with Crippen molar-refractivity contribution < 1.29 is 9.53 Å². The first-order chi connectivity index (χ1) is 18.3. The highest BCUT2D eigenvalue weighted by atomic mass is 16.5. The first-order valence-electron chi connectivity index (χ1n) is 12.7. The number of allylic oxidation sites excluding steroid dienone is 3. The number of pyridine rings is 2. The molecule has 1 aliphatic rings. The molecule has 1 unspecified atom stereocenters. The quantitative estimate of drug-likeness (QED) is 0.342. The molecule has 0 saturated carbocycles. The van der Waals surface area contributed by atoms with Crippen LogP contribution in [0.3, 0.4) is 0 Å². The Balaban J connectivity index is 1.49. The number of aromatic nitrogens is 2. The van der Waals surface area contributed by atoms with Gasteiger partial charge in [0.1, 0.15) is 11.6 Å². The SMILES string of the molecule is C=C(/C=C\C(=C/N)c1cncc(OC)c1)NC(=O)C(C)(c1ccc(-c2cnc3c(c2)CCN3)cc1)C(C)C. The zero-order valence-electron chi connectivity index (χ0n) is 22.4. The highest BCUT2D eigenvalue weighted by Crippen LogP contribution is 2.35. The number of rotatable bonds is 9. The topological polar surface area (TPSA) is 102 Å². The summed E-state index contributed by atoms with van der Waals surface area (Å²) < 4.78 is 5.24. The van der Waals surface area contributed by atoms with Gasteiger partial charge in [0.15, 0.2) is 0 Å². The highest BCUT2D eigenvalue weighted by molar-refractivity contribution is 5.90. The van der Waals surface area contributed by atoms with Gasteiger partial charge < -0.3 is 21.1 Å². The Kier molecular flexibility index (Phi) is 7.96. The van der Waals surface area contributed by atoms with Crippen molar-refractivity contribution in [2.45, 2.75) is 32.6 Å². The fraction of sp³-hybridized carbons (Fsp3) is 0.258. The van der Waals surface area contributed by atoms with Gasteiger partial charge in [0.2, 0.25) is 5.91 Å². The van der Waals surface area contributed by atoms with Crippen LogP contribution in [0.15, 0.2) is 85.6 Å². The molecule has 0 aliphatic carbocycles. The van der Waals surface area contributed by atoms with Gasteiger partial charge in [-0.3, -0.25) is 9.78 Å². The number of methoxy groups -OCH3 is 1. The number of nitrogens with zero attached hydrogens (tertiary/aromatic N) is 2. The Morgan fingerprint density at radius 3 is 2.61 bits per heavy atom. The number of carbonyl (C=O) groups excluding carboxylic acids is 1. The molecule has 1 amide bonds. The van der Waals surface area contributed by atoms with Crippen LogP contribution in [0.1, 0.15) is 37.5 Å². The lowest BCUT2D eigenvalue weighted by atomic mass is 9.72. The van der Waals surface area contributed by atoms with Crippen molar-refractivity contribution >= 4 is 17.3 Å². The molecule has 0 fully saturated rings. The maximum Gasteiger partial charge on any atom is 0.234 e. The monoisotopic (exact) mass is 509 g/mol. The number of nitrogens with two attached hydrogens (primary N) is 1. The van der Waals surface area contributed by atoms with Gasteiger partial charge in [0.05, 0.1) is 18.7 Å². The van der Waals surface area contributed by atoms with Crippen LogP contribution in [0, 0.1) is 5.92 Å². The van der Waals surface area contributed by atoms with Crippen molar-refractivity contribution in [1.29, 1.82) is 0 Å². The van der Waals surface area contributed by atoms with Crippen LogP contribution in [0.25, 0.3) is 16.7 Å². The standard InChI is InChI=1S/C31H35N5O2/c1-20(2)31(4,27-10-8-22(9-11-27)25-14-23-12-13-34-29(23)35-18-25)30(37)36-21(3)6-7-24(16-32)26-15-28(38-5)19-33-17-26/h6-11,14-20H,3,12-13,32H2,1-2,4-5H3,(H,34,35)(H,36,37)/b7-6-,24-16+. The first-order valence-corrected chi connectivity index (χ1v) is 12.7. The third-order valence-corrected chi connectivity index (χ3v) is 7.30. The average molecular weight is 510 g/mol. The lowest BCUT2D eigenvalue weighted by Gasteiger charge is -2.33. The molecule has 7 heteroatoms. The summed E-state index contributed by atoms with van der Waals surface area (Å²) in [7, 11) is 1.58. The highest BCUT2D eigenvalue weighted by Gasteiger charge is 2.38. The average Bonchev–Trinajstić information content (AvgIpc) is 3.41. The van der Waals surface area contributed by atoms with Gasteiger partial charge in [-0.2, -0.15) is 0 Å². The second kappa shape index (κ2) is 11.3. The molecule has 7 nitrogen and oxygen atoms in total. The van der Waals surface area contributed by atoms with Crippen molar-refractivity contribution in [3.05, 3.63) is 102 Å². The fourth-order valence-corrected chi connectivity index (χ4v) is 4.51. The molecule has 0 saturated heterocycles. The molecule has 3 heterocycles. The van der Waals surface area contributed by atoms with E-state index in [-0.39, 0.29) is 11.8 Å². The van der Waals surface area contributed by atoms with Gasteiger partial charge in [-0.25, -0.2) is 4.98 Å². The number of fused-ring (bicyclic) bond motifs is 1. The minimum absolute atomic E-state index is 0.0419. The molecule has 0 radical (unpaired) electrons. The van der Waals surface area contributed by atoms with Gasteiger partial charge in [-0.1, -0.05) is 50.8 Å². The number of benzene rings is 1. The van der Waals surface area contributed by atoms with E-state index in [0.29, 0.717) is 11.4 Å². The lowest BCUT2D eigenvalue weighted by molar-refractivity contribution is -0.126. The number of nitrogens with one attached hydrogen (secondary N) is 2. The molecule has 1 aromatic carbocycles. The van der Waals surface area contributed by atoms with Crippen LogP contribution < -0.4 is 21.1 Å². The summed E-state index contributed by atoms with van der Waals surface area (Å²) in [5.74, 6) is 1.52. The van der Waals surface area contributed by atoms with Crippen molar-refractivity contribution in [2.24, 2.45) is 11.7 Å². The van der Waals surface area contributed by atoms with Gasteiger partial charge in [0, 0.05) is 42.0 Å². The second-order valence-electron chi connectivity index (χ2n) is 9.89. The molecule has 1 aliphatic heterocycles. The lowest BCUT2D eigenvalue weighted by Crippen LogP contribution is -2.45. The Morgan fingerprint density at radius 2 is 1.92 bits per heavy atom. The molecule has 196 valence electrons. The molecule has 0 spiro atoms. The normalized spacial score (nSPS) is 14.6. The number of ether oxygens (including phenoxy) is 1. The zero-order valence-corrected chi connectivity index (χ0v) is 22.4. The molecule has 4 N–H and O–H groups in total. The maximum absolute atomic E-state index is 13.6. The summed E-state index contributed by atoms with van der Waals surface area (Å²) in [6.45, 7) is 11.0. The van der Waals surface area contributed by atoms with Crippen molar-refractivity contribution in [3.8, 4) is 16.9 Å². The summed E-state index contributed by atoms with van der Waals surface area (Å²) in [4.78, 5) is 22.3. The minimum Gasteiger partial charge on any atom is -0.495 e. The van der Waals surface area contributed by atoms with Gasteiger partial charge >= 0.3 is 0 Å². The summed E-state index contributed by atoms with van der Waals surface area (Å²) in [6, 6.07) is 12.2. The van der Waals surface area contributed by atoms with Crippen LogP contribution in [-0.4, -0.2) is 29.5 Å². The first kappa shape index (κ1) is 26.7. The van der Waals surface area contributed by atoms with Crippen LogP contribution >= 0.6 is 0 Å². The number of carbonyl (C=O) groups is 1. The molecule has 2 aromatic heterocycles. The zero-order chi connectivity index (χ0) is 27.3. The Labute approximate surface area is 224 Å². The minimum atomic E-state index is -0.765. The van der Waals surface area contributed by atoms with E-state index in [0.717, 1.165) is 46.6 Å². The molecule has 1 atom stereocenters. The van der Waals surface area contributed by atoms with E-state index in [4.69, 9.17) is 10.5 Å². The molecule has 3 aromatic rings. The number of hydrogen-bond donors (Lipinski definition) is 3. The third-order valence-electron chi connectivity index (χ3n) is 7.30. The molecular weight excluding hydrogens is 474 g/mol. The number of hydrogen-bond acceptors (Lipinski definition) is 6. The van der Waals surface area contributed by atoms with Crippen LogP contribution in [-0.2, 0) is 16.6 Å². The van der Waals surface area contributed by atoms with E-state index in [1.807, 2.05) is 31.3 Å². The number of amides is 1. The van der Waals surface area contributed by atoms with E-state index < -0.39 is 5.41 Å². The summed E-state index contributed by atoms with van der Waals surface area (Å²) in [6.07, 6.45) is 11.2. The van der Waals surface area contributed by atoms with E-state index in [2.05, 4.69) is 59.2 Å². The maximum atomic E-state index is 13.6. The fourth-order valence-electron chi connectivity index (χ4n) is 4.51. The summed E-state index contributed by atoms with van der Waals surface area (Å²) >= 11 is 0. The van der Waals surface area contributed by atoms with E-state index in [1.54, 1.807) is 31.7 Å². The van der Waals surface area contributed by atoms with Crippen LogP contribution in [0.4, 0.5) is 5.82 Å². The van der Waals surface area contributed by atoms with E-state index >= 15 is 0 Å². The third kappa shape index (κ3) is 5.47. The van der Waals surface area contributed by atoms with Crippen molar-refractivity contribution in [1.82, 2.24) is 15.3 Å². The molecular formula is C31H35N5O2. The summed E-state index contributed by atoms with van der Waals surface area (Å²) in [5.41, 5.74) is 11.4. The van der Waals surface area contributed by atoms with Gasteiger partial charge in [0.25, 0.3) is 0 Å². The van der Waals surface area contributed by atoms with E-state index in [9.17, 15) is 4.79 Å². The Bertz CT molecular complexity index is 1390. The largest absolute Gasteiger partial charge is 0.495 e. The van der Waals surface area contributed by atoms with Crippen molar-refractivity contribution in [2.75, 3.05) is 19.0 Å². The molecule has 0 bridgehead atoms. The van der Waals surface area contributed by atoms with E-state index in [1.165, 1.54) is 11.8 Å². The smallest absolute Gasteiger partial charge is 0.234 e. The predicted molar refractivity (Wildman–Crippen MR) is 153 cm³/mol. The summed E-state index contributed by atoms with van der Waals surface area (Å²) in [5, 5.41) is 6.28. The van der Waals surface area contributed by atoms with Gasteiger partial charge in [-0.05, 0) is 59.7 Å².